The van der Waals surface area contributed by atoms with Gasteiger partial charge in [0, 0.05) is 18.3 Å². The number of benzene rings is 2. The summed E-state index contributed by atoms with van der Waals surface area (Å²) in [5.74, 6) is 0. The monoisotopic (exact) mass is 364 g/mol. The molecule has 0 fully saturated rings. The summed E-state index contributed by atoms with van der Waals surface area (Å²) in [6, 6.07) is 16.0. The first-order valence-corrected chi connectivity index (χ1v) is 9.51. The second-order valence-corrected chi connectivity index (χ2v) is 7.74. The van der Waals surface area contributed by atoms with E-state index in [1.54, 1.807) is 30.3 Å². The molecule has 0 atom stereocenters. The fraction of sp³-hybridized carbons (Fsp3) is 0.0526. The molecule has 4 rings (SSSR count). The molecule has 6 nitrogen and oxygen atoms in total. The summed E-state index contributed by atoms with van der Waals surface area (Å²) in [4.78, 5) is 12.0. The van der Waals surface area contributed by atoms with Crippen molar-refractivity contribution in [1.82, 2.24) is 15.0 Å². The van der Waals surface area contributed by atoms with Crippen LogP contribution in [0.15, 0.2) is 76.9 Å². The number of hydrogen-bond donors (Lipinski definition) is 2. The molecule has 0 bridgehead atoms. The van der Waals surface area contributed by atoms with Gasteiger partial charge in [-0.15, -0.1) is 0 Å². The molecule has 0 aliphatic carbocycles. The molecule has 26 heavy (non-hydrogen) atoms. The molecule has 0 aliphatic heterocycles. The summed E-state index contributed by atoms with van der Waals surface area (Å²) in [5, 5.41) is 0. The van der Waals surface area contributed by atoms with Crippen LogP contribution < -0.4 is 5.73 Å². The third-order valence-corrected chi connectivity index (χ3v) is 5.99. The van der Waals surface area contributed by atoms with Gasteiger partial charge in [0.15, 0.2) is 0 Å². The van der Waals surface area contributed by atoms with Crippen LogP contribution >= 0.6 is 0 Å². The van der Waals surface area contributed by atoms with E-state index in [4.69, 9.17) is 5.73 Å². The third-order valence-electron chi connectivity index (χ3n) is 4.21. The highest BCUT2D eigenvalue weighted by molar-refractivity contribution is 7.91. The van der Waals surface area contributed by atoms with Crippen LogP contribution in [0.1, 0.15) is 5.56 Å². The van der Waals surface area contributed by atoms with Gasteiger partial charge in [0.1, 0.15) is 16.7 Å². The summed E-state index contributed by atoms with van der Waals surface area (Å²) in [6.07, 6.45) is 2.85. The maximum Gasteiger partial charge on any atom is 0.210 e. The minimum Gasteiger partial charge on any atom is -0.357 e. The Balaban J connectivity index is 1.91. The molecule has 2 aromatic carbocycles. The third kappa shape index (κ3) is 2.67. The largest absolute Gasteiger partial charge is 0.357 e. The van der Waals surface area contributed by atoms with Crippen molar-refractivity contribution in [3.63, 3.8) is 0 Å². The molecule has 2 aromatic heterocycles. The molecule has 0 radical (unpaired) electrons. The summed E-state index contributed by atoms with van der Waals surface area (Å²) in [7, 11) is -3.68. The van der Waals surface area contributed by atoms with Gasteiger partial charge < -0.3 is 10.7 Å². The van der Waals surface area contributed by atoms with Crippen molar-refractivity contribution in [2.45, 2.75) is 16.3 Å². The van der Waals surface area contributed by atoms with Crippen LogP contribution in [-0.2, 0) is 16.4 Å². The highest BCUT2D eigenvalue weighted by atomic mass is 32.2. The molecule has 0 aliphatic rings. The zero-order valence-corrected chi connectivity index (χ0v) is 14.6. The van der Waals surface area contributed by atoms with Crippen LogP contribution in [0.2, 0.25) is 0 Å². The van der Waals surface area contributed by atoms with E-state index in [9.17, 15) is 8.42 Å². The number of nitrogens with one attached hydrogen (secondary N) is 1. The quantitative estimate of drug-likeness (QED) is 0.580. The predicted molar refractivity (Wildman–Crippen MR) is 99.1 cm³/mol. The molecular formula is C19H16N4O2S. The van der Waals surface area contributed by atoms with Crippen LogP contribution in [0, 0.1) is 0 Å². The molecule has 7 heteroatoms. The van der Waals surface area contributed by atoms with Crippen molar-refractivity contribution < 1.29 is 8.42 Å². The number of fused-ring (bicyclic) bond motifs is 1. The molecule has 0 amide bonds. The number of nitrogens with zero attached hydrogens (tertiary/aromatic N) is 2. The van der Waals surface area contributed by atoms with E-state index in [-0.39, 0.29) is 9.79 Å². The maximum atomic E-state index is 13.0. The van der Waals surface area contributed by atoms with Crippen LogP contribution in [0.5, 0.6) is 0 Å². The Hall–Kier alpha value is -3.03. The van der Waals surface area contributed by atoms with E-state index < -0.39 is 9.84 Å². The van der Waals surface area contributed by atoms with Gasteiger partial charge >= 0.3 is 0 Å². The van der Waals surface area contributed by atoms with Gasteiger partial charge in [-0.1, -0.05) is 36.4 Å². The van der Waals surface area contributed by atoms with Gasteiger partial charge in [-0.05, 0) is 23.8 Å². The summed E-state index contributed by atoms with van der Waals surface area (Å²) in [5.41, 5.74) is 9.13. The van der Waals surface area contributed by atoms with E-state index in [2.05, 4.69) is 15.0 Å². The predicted octanol–water partition coefficient (Wildman–Crippen LogP) is 2.92. The van der Waals surface area contributed by atoms with Crippen molar-refractivity contribution in [1.29, 1.82) is 0 Å². The Kier molecular flexibility index (Phi) is 4.02. The van der Waals surface area contributed by atoms with Gasteiger partial charge in [0.25, 0.3) is 0 Å². The lowest BCUT2D eigenvalue weighted by atomic mass is 10.1. The van der Waals surface area contributed by atoms with E-state index in [0.717, 1.165) is 11.1 Å². The van der Waals surface area contributed by atoms with E-state index in [1.807, 2.05) is 24.3 Å². The van der Waals surface area contributed by atoms with E-state index >= 15 is 0 Å². The first-order valence-electron chi connectivity index (χ1n) is 8.03. The molecule has 0 saturated heterocycles. The molecule has 0 saturated carbocycles. The minimum absolute atomic E-state index is 0.136. The van der Waals surface area contributed by atoms with Gasteiger partial charge in [-0.25, -0.2) is 18.4 Å². The van der Waals surface area contributed by atoms with Gasteiger partial charge in [-0.3, -0.25) is 0 Å². The fourth-order valence-electron chi connectivity index (χ4n) is 2.91. The average Bonchev–Trinajstić information content (AvgIpc) is 3.14. The lowest BCUT2D eigenvalue weighted by Crippen LogP contribution is -2.01. The fourth-order valence-corrected chi connectivity index (χ4v) is 4.30. The number of aromatic nitrogens is 3. The first kappa shape index (κ1) is 16.4. The topological polar surface area (TPSA) is 102 Å². The van der Waals surface area contributed by atoms with Crippen molar-refractivity contribution in [2.75, 3.05) is 0 Å². The lowest BCUT2D eigenvalue weighted by Gasteiger charge is -2.05. The number of nitrogens with two attached hydrogens (primary N) is 1. The number of H-pyrrole nitrogens is 1. The number of rotatable bonds is 4. The minimum atomic E-state index is -3.68. The highest BCUT2D eigenvalue weighted by Crippen LogP contribution is 2.31. The highest BCUT2D eigenvalue weighted by Gasteiger charge is 2.24. The zero-order chi connectivity index (χ0) is 18.1. The normalized spacial score (nSPS) is 11.7. The molecule has 3 N–H and O–H groups in total. The average molecular weight is 364 g/mol. The summed E-state index contributed by atoms with van der Waals surface area (Å²) < 4.78 is 25.9. The van der Waals surface area contributed by atoms with Crippen LogP contribution in [0.25, 0.3) is 22.3 Å². The second kappa shape index (κ2) is 6.36. The summed E-state index contributed by atoms with van der Waals surface area (Å²) >= 11 is 0. The maximum absolute atomic E-state index is 13.0. The zero-order valence-electron chi connectivity index (χ0n) is 13.8. The lowest BCUT2D eigenvalue weighted by molar-refractivity contribution is 0.597. The second-order valence-electron chi connectivity index (χ2n) is 5.82. The molecule has 0 spiro atoms. The number of hydrogen-bond acceptors (Lipinski definition) is 5. The Morgan fingerprint density at radius 2 is 1.81 bits per heavy atom. The van der Waals surface area contributed by atoms with Crippen LogP contribution in [0.3, 0.4) is 0 Å². The Bertz CT molecular complexity index is 1180. The van der Waals surface area contributed by atoms with Crippen LogP contribution in [0.4, 0.5) is 0 Å². The number of sulfone groups is 1. The van der Waals surface area contributed by atoms with Gasteiger partial charge in [-0.2, -0.15) is 0 Å². The van der Waals surface area contributed by atoms with Crippen LogP contribution in [-0.4, -0.2) is 23.4 Å². The van der Waals surface area contributed by atoms with Crippen molar-refractivity contribution in [3.8, 4) is 11.3 Å². The van der Waals surface area contributed by atoms with Crippen molar-refractivity contribution in [3.05, 3.63) is 72.7 Å². The smallest absolute Gasteiger partial charge is 0.210 e. The van der Waals surface area contributed by atoms with Gasteiger partial charge in [0.2, 0.25) is 9.84 Å². The first-order chi connectivity index (χ1) is 12.6. The van der Waals surface area contributed by atoms with E-state index in [0.29, 0.717) is 23.3 Å². The molecule has 2 heterocycles. The molecule has 0 unspecified atom stereocenters. The molecule has 4 aromatic rings. The van der Waals surface area contributed by atoms with Crippen molar-refractivity contribution >= 4 is 20.9 Å². The standard InChI is InChI=1S/C19H16N4O2S/c20-10-13-5-4-6-14(9-13)17-19-18(23-12-22-17)16(11-21-19)26(24,25)15-7-2-1-3-8-15/h1-9,11-12,21H,10,20H2. The Morgan fingerprint density at radius 3 is 2.58 bits per heavy atom. The Labute approximate surface area is 150 Å². The van der Waals surface area contributed by atoms with E-state index in [1.165, 1.54) is 12.5 Å². The Morgan fingerprint density at radius 1 is 1.00 bits per heavy atom. The van der Waals surface area contributed by atoms with Gasteiger partial charge in [0.05, 0.1) is 16.1 Å². The number of aromatic amines is 1. The van der Waals surface area contributed by atoms with Crippen molar-refractivity contribution in [2.24, 2.45) is 5.73 Å². The molecular weight excluding hydrogens is 348 g/mol. The SMILES string of the molecule is NCc1cccc(-c2ncnc3c(S(=O)(=O)c4ccccc4)c[nH]c23)c1. The molecule has 130 valence electrons. The summed E-state index contributed by atoms with van der Waals surface area (Å²) in [6.45, 7) is 0.417.